The summed E-state index contributed by atoms with van der Waals surface area (Å²) in [5.41, 5.74) is 0.0137. The molecule has 1 amide bonds. The topological polar surface area (TPSA) is 99.4 Å². The van der Waals surface area contributed by atoms with Crippen LogP contribution in [0.5, 0.6) is 5.75 Å². The molecule has 164 valence electrons. The molecule has 0 saturated carbocycles. The molecular formula is C18H18F3NO8. The second-order valence-corrected chi connectivity index (χ2v) is 6.89. The van der Waals surface area contributed by atoms with Crippen molar-refractivity contribution in [3.05, 3.63) is 23.8 Å². The Labute approximate surface area is 168 Å². The molecule has 1 aromatic rings. The van der Waals surface area contributed by atoms with E-state index in [1.165, 1.54) is 18.1 Å². The van der Waals surface area contributed by atoms with Gasteiger partial charge in [0.15, 0.2) is 12.6 Å². The quantitative estimate of drug-likeness (QED) is 0.349. The minimum Gasteiger partial charge on any atom is -0.406 e. The van der Waals surface area contributed by atoms with E-state index in [9.17, 15) is 22.8 Å². The van der Waals surface area contributed by atoms with Crippen LogP contribution in [0.15, 0.2) is 18.2 Å². The van der Waals surface area contributed by atoms with Crippen LogP contribution in [0.2, 0.25) is 0 Å². The van der Waals surface area contributed by atoms with Gasteiger partial charge in [-0.25, -0.2) is 0 Å². The number of rotatable bonds is 8. The lowest BCUT2D eigenvalue weighted by molar-refractivity contribution is -0.274. The van der Waals surface area contributed by atoms with Gasteiger partial charge in [0, 0.05) is 7.11 Å². The minimum absolute atomic E-state index is 0.167. The summed E-state index contributed by atoms with van der Waals surface area (Å²) in [6, 6.07) is 2.56. The van der Waals surface area contributed by atoms with Crippen molar-refractivity contribution in [2.75, 3.05) is 12.0 Å². The Balaban J connectivity index is 1.40. The fourth-order valence-corrected chi connectivity index (χ4v) is 3.31. The number of benzene rings is 1. The van der Waals surface area contributed by atoms with Crippen molar-refractivity contribution in [1.29, 1.82) is 0 Å². The number of carbonyl (C=O) groups excluding carboxylic acids is 2. The van der Waals surface area contributed by atoms with E-state index in [0.717, 1.165) is 12.1 Å². The van der Waals surface area contributed by atoms with Crippen LogP contribution in [-0.2, 0) is 28.5 Å². The number of methoxy groups -OCH3 is 1. The largest absolute Gasteiger partial charge is 0.573 e. The van der Waals surface area contributed by atoms with E-state index < -0.39 is 61.1 Å². The first-order valence-corrected chi connectivity index (χ1v) is 9.01. The van der Waals surface area contributed by atoms with Crippen LogP contribution >= 0.6 is 0 Å². The van der Waals surface area contributed by atoms with Crippen molar-refractivity contribution < 1.29 is 51.2 Å². The number of nitrogens with zero attached hydrogens (tertiary/aromatic N) is 1. The molecule has 0 bridgehead atoms. The smallest absolute Gasteiger partial charge is 0.406 e. The summed E-state index contributed by atoms with van der Waals surface area (Å²) in [7, 11) is 1.48. The van der Waals surface area contributed by atoms with Gasteiger partial charge in [0.2, 0.25) is 12.6 Å². The lowest BCUT2D eigenvalue weighted by Crippen LogP contribution is -2.42. The number of alkyl halides is 3. The van der Waals surface area contributed by atoms with Gasteiger partial charge >= 0.3 is 6.36 Å². The Morgan fingerprint density at radius 3 is 2.40 bits per heavy atom. The van der Waals surface area contributed by atoms with Crippen molar-refractivity contribution in [3.8, 4) is 5.75 Å². The Hall–Kier alpha value is -2.25. The van der Waals surface area contributed by atoms with Gasteiger partial charge in [0.25, 0.3) is 11.7 Å². The molecule has 4 rings (SSSR count). The number of ether oxygens (including phenoxy) is 6. The van der Waals surface area contributed by atoms with Crippen LogP contribution in [0, 0.1) is 0 Å². The molecule has 0 spiro atoms. The molecule has 0 N–H and O–H groups in total. The van der Waals surface area contributed by atoms with Gasteiger partial charge in [0.1, 0.15) is 11.9 Å². The van der Waals surface area contributed by atoms with Crippen LogP contribution in [0.25, 0.3) is 0 Å². The SMILES string of the molecule is COC1OC1OC(C)OC1OC1C(C)N1C(=O)C(=O)c2cc(OC(F)(F)F)ccc21. The van der Waals surface area contributed by atoms with E-state index in [-0.39, 0.29) is 11.3 Å². The molecule has 3 heterocycles. The molecule has 12 heteroatoms. The number of epoxide rings is 2. The van der Waals surface area contributed by atoms with E-state index in [2.05, 4.69) is 4.74 Å². The van der Waals surface area contributed by atoms with E-state index in [0.29, 0.717) is 0 Å². The van der Waals surface area contributed by atoms with Gasteiger partial charge in [-0.05, 0) is 32.0 Å². The first kappa shape index (κ1) is 21.0. The number of fused-ring (bicyclic) bond motifs is 1. The lowest BCUT2D eigenvalue weighted by Gasteiger charge is -2.23. The summed E-state index contributed by atoms with van der Waals surface area (Å²) in [5, 5.41) is 0. The fourth-order valence-electron chi connectivity index (χ4n) is 3.31. The molecule has 6 unspecified atom stereocenters. The Morgan fingerprint density at radius 2 is 1.77 bits per heavy atom. The monoisotopic (exact) mass is 433 g/mol. The van der Waals surface area contributed by atoms with Crippen molar-refractivity contribution in [3.63, 3.8) is 0 Å². The molecule has 1 aromatic carbocycles. The molecule has 3 aliphatic rings. The Bertz CT molecular complexity index is 862. The van der Waals surface area contributed by atoms with Crippen LogP contribution in [0.1, 0.15) is 24.2 Å². The van der Waals surface area contributed by atoms with Crippen molar-refractivity contribution >= 4 is 17.4 Å². The first-order chi connectivity index (χ1) is 14.1. The number of Topliss-reactive ketones (excluding diaryl/α,β-unsaturated/α-hetero) is 1. The highest BCUT2D eigenvalue weighted by Gasteiger charge is 2.52. The molecular weight excluding hydrogens is 415 g/mol. The van der Waals surface area contributed by atoms with Crippen LogP contribution in [0.4, 0.5) is 18.9 Å². The highest BCUT2D eigenvalue weighted by Crippen LogP contribution is 2.39. The van der Waals surface area contributed by atoms with Crippen molar-refractivity contribution in [1.82, 2.24) is 0 Å². The molecule has 0 aromatic heterocycles. The zero-order valence-electron chi connectivity index (χ0n) is 16.0. The minimum atomic E-state index is -4.91. The third-order valence-electron chi connectivity index (χ3n) is 4.78. The van der Waals surface area contributed by atoms with Crippen molar-refractivity contribution in [2.24, 2.45) is 0 Å². The van der Waals surface area contributed by atoms with Gasteiger partial charge in [-0.2, -0.15) is 0 Å². The van der Waals surface area contributed by atoms with Gasteiger partial charge in [0.05, 0.1) is 17.3 Å². The zero-order valence-corrected chi connectivity index (χ0v) is 16.0. The van der Waals surface area contributed by atoms with E-state index in [4.69, 9.17) is 23.7 Å². The normalized spacial score (nSPS) is 29.6. The maximum Gasteiger partial charge on any atom is 0.573 e. The summed E-state index contributed by atoms with van der Waals surface area (Å²) in [6.45, 7) is 3.28. The molecule has 2 saturated heterocycles. The third-order valence-corrected chi connectivity index (χ3v) is 4.78. The number of hydrogen-bond donors (Lipinski definition) is 0. The number of halogens is 3. The predicted octanol–water partition coefficient (Wildman–Crippen LogP) is 1.94. The highest BCUT2D eigenvalue weighted by atomic mass is 19.4. The maximum absolute atomic E-state index is 12.4. The standard InChI is InChI=1S/C18H18F3NO8/c1-7(13-15(28-13)26-8(2)27-17-16(25-3)29-17)22-11-5-4-9(30-18(19,20)21)6-10(11)12(23)14(22)24/h4-8,13,15-17H,1-3H3. The second-order valence-electron chi connectivity index (χ2n) is 6.89. The second kappa shape index (κ2) is 7.46. The fraction of sp³-hybridized carbons (Fsp3) is 0.556. The van der Waals surface area contributed by atoms with Gasteiger partial charge in [-0.15, -0.1) is 13.2 Å². The molecule has 6 atom stereocenters. The Kier molecular flexibility index (Phi) is 5.22. The molecule has 0 radical (unpaired) electrons. The van der Waals surface area contributed by atoms with Crippen LogP contribution in [-0.4, -0.2) is 62.5 Å². The van der Waals surface area contributed by atoms with Gasteiger partial charge in [-0.1, -0.05) is 0 Å². The summed E-state index contributed by atoms with van der Waals surface area (Å²) in [6.07, 6.45) is -7.80. The van der Waals surface area contributed by atoms with Gasteiger partial charge < -0.3 is 28.4 Å². The average Bonchev–Trinajstić information content (AvgIpc) is 3.56. The summed E-state index contributed by atoms with van der Waals surface area (Å²) >= 11 is 0. The lowest BCUT2D eigenvalue weighted by atomic mass is 10.1. The van der Waals surface area contributed by atoms with Gasteiger partial charge in [-0.3, -0.25) is 14.5 Å². The molecule has 30 heavy (non-hydrogen) atoms. The van der Waals surface area contributed by atoms with E-state index >= 15 is 0 Å². The van der Waals surface area contributed by atoms with Crippen molar-refractivity contribution in [2.45, 2.75) is 57.5 Å². The summed E-state index contributed by atoms with van der Waals surface area (Å²) < 4.78 is 67.5. The molecule has 2 fully saturated rings. The third kappa shape index (κ3) is 4.14. The molecule has 3 aliphatic heterocycles. The maximum atomic E-state index is 12.4. The Morgan fingerprint density at radius 1 is 1.07 bits per heavy atom. The molecule has 0 aliphatic carbocycles. The zero-order chi connectivity index (χ0) is 21.8. The average molecular weight is 433 g/mol. The summed E-state index contributed by atoms with van der Waals surface area (Å²) in [5.74, 6) is -2.37. The van der Waals surface area contributed by atoms with Crippen LogP contribution in [0.3, 0.4) is 0 Å². The first-order valence-electron chi connectivity index (χ1n) is 9.01. The van der Waals surface area contributed by atoms with E-state index in [1.54, 1.807) is 13.8 Å². The predicted molar refractivity (Wildman–Crippen MR) is 90.4 cm³/mol. The molecule has 9 nitrogen and oxygen atoms in total. The number of anilines is 1. The van der Waals surface area contributed by atoms with E-state index in [1.807, 2.05) is 0 Å². The van der Waals surface area contributed by atoms with Crippen LogP contribution < -0.4 is 9.64 Å². The number of carbonyl (C=O) groups is 2. The number of amides is 1. The number of ketones is 1. The highest BCUT2D eigenvalue weighted by molar-refractivity contribution is 6.52. The number of hydrogen-bond acceptors (Lipinski definition) is 8. The summed E-state index contributed by atoms with van der Waals surface area (Å²) in [4.78, 5) is 25.9.